The molecule has 0 aliphatic heterocycles. The van der Waals surface area contributed by atoms with Crippen molar-refractivity contribution in [2.24, 2.45) is 5.73 Å². The summed E-state index contributed by atoms with van der Waals surface area (Å²) in [5, 5.41) is 0. The topological polar surface area (TPSA) is 39.2 Å². The first-order chi connectivity index (χ1) is 8.65. The van der Waals surface area contributed by atoms with Crippen molar-refractivity contribution in [1.29, 1.82) is 0 Å². The maximum atomic E-state index is 13.8. The number of benzene rings is 1. The van der Waals surface area contributed by atoms with Gasteiger partial charge >= 0.3 is 0 Å². The molecule has 0 radical (unpaired) electrons. The van der Waals surface area contributed by atoms with Crippen LogP contribution in [0, 0.1) is 5.82 Å². The van der Waals surface area contributed by atoms with Gasteiger partial charge in [-0.15, -0.1) is 11.8 Å². The molecule has 96 valence electrons. The van der Waals surface area contributed by atoms with Crippen LogP contribution in [0.4, 0.5) is 4.39 Å². The van der Waals surface area contributed by atoms with Gasteiger partial charge in [0, 0.05) is 10.9 Å². The third-order valence-electron chi connectivity index (χ3n) is 2.50. The first kappa shape index (κ1) is 13.2. The first-order valence-electron chi connectivity index (χ1n) is 5.84. The van der Waals surface area contributed by atoms with E-state index in [0.29, 0.717) is 17.1 Å². The molecule has 1 heterocycles. The second-order valence-corrected chi connectivity index (χ2v) is 5.33. The fourth-order valence-corrected chi connectivity index (χ4v) is 2.53. The molecule has 0 saturated carbocycles. The summed E-state index contributed by atoms with van der Waals surface area (Å²) in [4.78, 5) is 0.639. The lowest BCUT2D eigenvalue weighted by Crippen LogP contribution is -2.17. The monoisotopic (exact) mass is 265 g/mol. The van der Waals surface area contributed by atoms with E-state index in [4.69, 9.17) is 10.2 Å². The molecule has 0 aliphatic rings. The number of hydrogen-bond acceptors (Lipinski definition) is 3. The lowest BCUT2D eigenvalue weighted by molar-refractivity contribution is 0.530. The summed E-state index contributed by atoms with van der Waals surface area (Å²) < 4.78 is 19.0. The molecule has 1 aromatic carbocycles. The molecule has 0 aliphatic carbocycles. The summed E-state index contributed by atoms with van der Waals surface area (Å²) in [6.07, 6.45) is 2.32. The van der Waals surface area contributed by atoms with Crippen LogP contribution in [-0.2, 0) is 12.2 Å². The highest BCUT2D eigenvalue weighted by Gasteiger charge is 2.07. The van der Waals surface area contributed by atoms with E-state index < -0.39 is 0 Å². The summed E-state index contributed by atoms with van der Waals surface area (Å²) in [5.41, 5.74) is 6.63. The van der Waals surface area contributed by atoms with E-state index in [9.17, 15) is 4.39 Å². The van der Waals surface area contributed by atoms with Crippen molar-refractivity contribution in [1.82, 2.24) is 0 Å². The summed E-state index contributed by atoms with van der Waals surface area (Å²) in [6, 6.07) is 9.06. The standard InChI is InChI=1S/C14H16FNOS/c1-10(16)7-11-4-5-14(13(15)8-11)18-9-12-3-2-6-17-12/h2-6,8,10H,7,9,16H2,1H3. The lowest BCUT2D eigenvalue weighted by Gasteiger charge is -2.07. The van der Waals surface area contributed by atoms with Crippen molar-refractivity contribution < 1.29 is 8.81 Å². The molecule has 2 aromatic rings. The predicted molar refractivity (Wildman–Crippen MR) is 72.0 cm³/mol. The molecule has 18 heavy (non-hydrogen) atoms. The molecule has 0 amide bonds. The smallest absolute Gasteiger partial charge is 0.137 e. The summed E-state index contributed by atoms with van der Waals surface area (Å²) in [5.74, 6) is 1.29. The molecular weight excluding hydrogens is 249 g/mol. The van der Waals surface area contributed by atoms with E-state index in [-0.39, 0.29) is 11.9 Å². The van der Waals surface area contributed by atoms with Gasteiger partial charge in [-0.05, 0) is 43.2 Å². The molecule has 2 N–H and O–H groups in total. The Balaban J connectivity index is 2.01. The number of nitrogens with two attached hydrogens (primary N) is 1. The van der Waals surface area contributed by atoms with Gasteiger partial charge in [-0.2, -0.15) is 0 Å². The van der Waals surface area contributed by atoms with Gasteiger partial charge in [0.05, 0.1) is 12.0 Å². The minimum Gasteiger partial charge on any atom is -0.468 e. The lowest BCUT2D eigenvalue weighted by atomic mass is 10.1. The van der Waals surface area contributed by atoms with Gasteiger partial charge in [0.2, 0.25) is 0 Å². The van der Waals surface area contributed by atoms with Crippen molar-refractivity contribution >= 4 is 11.8 Å². The van der Waals surface area contributed by atoms with Gasteiger partial charge in [0.25, 0.3) is 0 Å². The maximum Gasteiger partial charge on any atom is 0.137 e. The third kappa shape index (κ3) is 3.62. The zero-order chi connectivity index (χ0) is 13.0. The molecule has 1 unspecified atom stereocenters. The van der Waals surface area contributed by atoms with E-state index >= 15 is 0 Å². The zero-order valence-corrected chi connectivity index (χ0v) is 11.0. The van der Waals surface area contributed by atoms with Gasteiger partial charge < -0.3 is 10.2 Å². The number of thioether (sulfide) groups is 1. The van der Waals surface area contributed by atoms with Crippen LogP contribution in [-0.4, -0.2) is 6.04 Å². The molecule has 1 atom stereocenters. The largest absolute Gasteiger partial charge is 0.468 e. The zero-order valence-electron chi connectivity index (χ0n) is 10.2. The maximum absolute atomic E-state index is 13.8. The van der Waals surface area contributed by atoms with Gasteiger partial charge in [-0.25, -0.2) is 4.39 Å². The number of rotatable bonds is 5. The minimum absolute atomic E-state index is 0.0472. The fourth-order valence-electron chi connectivity index (χ4n) is 1.70. The highest BCUT2D eigenvalue weighted by molar-refractivity contribution is 7.98. The molecular formula is C14H16FNOS. The van der Waals surface area contributed by atoms with E-state index in [1.165, 1.54) is 11.8 Å². The highest BCUT2D eigenvalue weighted by atomic mass is 32.2. The van der Waals surface area contributed by atoms with Crippen molar-refractivity contribution in [2.45, 2.75) is 30.0 Å². The Morgan fingerprint density at radius 3 is 2.83 bits per heavy atom. The average molecular weight is 265 g/mol. The average Bonchev–Trinajstić information content (AvgIpc) is 2.80. The predicted octanol–water partition coefficient (Wildman–Crippen LogP) is 3.60. The number of halogens is 1. The molecule has 2 nitrogen and oxygen atoms in total. The van der Waals surface area contributed by atoms with E-state index in [2.05, 4.69) is 0 Å². The van der Waals surface area contributed by atoms with Crippen molar-refractivity contribution in [3.05, 3.63) is 53.7 Å². The Morgan fingerprint density at radius 1 is 1.39 bits per heavy atom. The molecule has 4 heteroatoms. The van der Waals surface area contributed by atoms with Crippen LogP contribution in [0.5, 0.6) is 0 Å². The summed E-state index contributed by atoms with van der Waals surface area (Å²) >= 11 is 1.43. The van der Waals surface area contributed by atoms with Gasteiger partial charge in [-0.1, -0.05) is 6.07 Å². The Bertz CT molecular complexity index is 497. The van der Waals surface area contributed by atoms with Gasteiger partial charge in [0.15, 0.2) is 0 Å². The van der Waals surface area contributed by atoms with Crippen molar-refractivity contribution in [2.75, 3.05) is 0 Å². The second kappa shape index (κ2) is 6.07. The number of furan rings is 1. The van der Waals surface area contributed by atoms with Crippen LogP contribution in [0.25, 0.3) is 0 Å². The molecule has 1 aromatic heterocycles. The molecule has 0 spiro atoms. The van der Waals surface area contributed by atoms with E-state index in [1.54, 1.807) is 18.4 Å². The third-order valence-corrected chi connectivity index (χ3v) is 3.57. The SMILES string of the molecule is CC(N)Cc1ccc(SCc2ccco2)c(F)c1. The van der Waals surface area contributed by atoms with E-state index in [1.807, 2.05) is 25.1 Å². The Hall–Kier alpha value is -1.26. The molecule has 2 rings (SSSR count). The van der Waals surface area contributed by atoms with Crippen LogP contribution in [0.1, 0.15) is 18.2 Å². The fraction of sp³-hybridized carbons (Fsp3) is 0.286. The quantitative estimate of drug-likeness (QED) is 0.839. The molecule has 0 fully saturated rings. The van der Waals surface area contributed by atoms with Gasteiger partial charge in [-0.3, -0.25) is 0 Å². The minimum atomic E-state index is -0.190. The van der Waals surface area contributed by atoms with Crippen LogP contribution in [0.3, 0.4) is 0 Å². The number of hydrogen-bond donors (Lipinski definition) is 1. The normalized spacial score (nSPS) is 12.6. The van der Waals surface area contributed by atoms with Crippen molar-refractivity contribution in [3.63, 3.8) is 0 Å². The second-order valence-electron chi connectivity index (χ2n) is 4.31. The van der Waals surface area contributed by atoms with Gasteiger partial charge in [0.1, 0.15) is 11.6 Å². The van der Waals surface area contributed by atoms with Crippen LogP contribution in [0.15, 0.2) is 45.9 Å². The van der Waals surface area contributed by atoms with Crippen LogP contribution in [0.2, 0.25) is 0 Å². The van der Waals surface area contributed by atoms with E-state index in [0.717, 1.165) is 11.3 Å². The van der Waals surface area contributed by atoms with Crippen LogP contribution >= 0.6 is 11.8 Å². The molecule has 0 saturated heterocycles. The van der Waals surface area contributed by atoms with Crippen molar-refractivity contribution in [3.8, 4) is 0 Å². The van der Waals surface area contributed by atoms with Crippen LogP contribution < -0.4 is 5.73 Å². The Kier molecular flexibility index (Phi) is 4.44. The first-order valence-corrected chi connectivity index (χ1v) is 6.83. The highest BCUT2D eigenvalue weighted by Crippen LogP contribution is 2.26. The Labute approximate surface area is 110 Å². The Morgan fingerprint density at radius 2 is 2.22 bits per heavy atom. The summed E-state index contributed by atoms with van der Waals surface area (Å²) in [6.45, 7) is 1.91. The summed E-state index contributed by atoms with van der Waals surface area (Å²) in [7, 11) is 0. The molecule has 0 bridgehead atoms.